The lowest BCUT2D eigenvalue weighted by Crippen LogP contribution is -2.59. The molecule has 0 saturated carbocycles. The number of fused-ring (bicyclic) bond motifs is 2. The Morgan fingerprint density at radius 1 is 1.16 bits per heavy atom. The summed E-state index contributed by atoms with van der Waals surface area (Å²) in [6.45, 7) is 14.9. The van der Waals surface area contributed by atoms with Gasteiger partial charge in [-0.2, -0.15) is 0 Å². The van der Waals surface area contributed by atoms with Crippen molar-refractivity contribution in [1.82, 2.24) is 15.2 Å². The smallest absolute Gasteiger partial charge is 0.407 e. The van der Waals surface area contributed by atoms with Crippen molar-refractivity contribution >= 4 is 12.1 Å². The lowest BCUT2D eigenvalue weighted by atomic mass is 9.75. The van der Waals surface area contributed by atoms with Crippen LogP contribution in [0.5, 0.6) is 0 Å². The van der Waals surface area contributed by atoms with Crippen LogP contribution in [0.1, 0.15) is 80.3 Å². The van der Waals surface area contributed by atoms with Crippen LogP contribution in [0.25, 0.3) is 0 Å². The van der Waals surface area contributed by atoms with E-state index >= 15 is 0 Å². The standard InChI is InChI=1S/C36H60N4O9/c1-11-26-36(8)30(37)21(4)28(49-36)19(2)17-35(7,44)31(48-33-27(41)25(40(9)10)16-20(3)45-33)22(5)29(23(6)32(42)46-26)47-34(43)39-18-24-14-12-13-15-38-24/h12-15,19-23,25-31,33,41,44H,11,16-18,37H2,1-10H3,(H,39,43)/t19-,20-,21-,22+,23-,25+,26+,27-,28-,29+,30+,31-,33?,35-,36?/m1/s1. The maximum absolute atomic E-state index is 14.0. The van der Waals surface area contributed by atoms with E-state index in [1.807, 2.05) is 59.7 Å². The molecule has 0 radical (unpaired) electrons. The van der Waals surface area contributed by atoms with Gasteiger partial charge in [0.1, 0.15) is 23.9 Å². The number of likely N-dealkylation sites (N-methyl/N-ethyl adjacent to an activating group) is 1. The Morgan fingerprint density at radius 3 is 2.47 bits per heavy atom. The number of alkyl carbamates (subject to hydrolysis) is 1. The van der Waals surface area contributed by atoms with Crippen molar-refractivity contribution < 1.29 is 43.5 Å². The Labute approximate surface area is 291 Å². The minimum atomic E-state index is -1.57. The average Bonchev–Trinajstić information content (AvgIpc) is 3.29. The number of nitrogens with two attached hydrogens (primary N) is 1. The predicted octanol–water partition coefficient (Wildman–Crippen LogP) is 2.99. The fraction of sp³-hybridized carbons (Fsp3) is 0.806. The molecule has 0 spiro atoms. The van der Waals surface area contributed by atoms with Gasteiger partial charge in [0.15, 0.2) is 6.29 Å². The van der Waals surface area contributed by atoms with Crippen molar-refractivity contribution in [3.8, 4) is 0 Å². The summed E-state index contributed by atoms with van der Waals surface area (Å²) in [6.07, 6.45) is -3.51. The highest BCUT2D eigenvalue weighted by atomic mass is 16.7. The number of ether oxygens (including phenoxy) is 5. The first kappa shape index (κ1) is 39.4. The molecule has 2 unspecified atom stereocenters. The third kappa shape index (κ3) is 8.57. The predicted molar refractivity (Wildman–Crippen MR) is 182 cm³/mol. The molecule has 2 bridgehead atoms. The van der Waals surface area contributed by atoms with Crippen LogP contribution in [0.2, 0.25) is 0 Å². The second-order valence-corrected chi connectivity index (χ2v) is 15.3. The Bertz CT molecular complexity index is 1250. The normalized spacial score (nSPS) is 43.6. The molecule has 1 amide bonds. The zero-order valence-electron chi connectivity index (χ0n) is 30.9. The van der Waals surface area contributed by atoms with Gasteiger partial charge in [-0.3, -0.25) is 9.78 Å². The van der Waals surface area contributed by atoms with Crippen molar-refractivity contribution in [3.05, 3.63) is 30.1 Å². The molecule has 1 aromatic heterocycles. The minimum Gasteiger partial charge on any atom is -0.459 e. The SMILES string of the molecule is CC[C@@H]1OC(=O)[C@H](C)[C@@H](OC(=O)NCc2ccccn2)[C@H](C)[C@@H](OC2O[C@H](C)C[C@H](N(C)C)[C@H]2O)[C@](C)(O)C[C@@H](C)[C@H]2OC1(C)[C@@H](N)[C@@H]2C. The number of aromatic nitrogens is 1. The summed E-state index contributed by atoms with van der Waals surface area (Å²) < 4.78 is 31.7. The van der Waals surface area contributed by atoms with Gasteiger partial charge in [-0.1, -0.05) is 33.8 Å². The molecule has 0 aromatic carbocycles. The second kappa shape index (κ2) is 15.9. The molecule has 4 rings (SSSR count). The zero-order valence-corrected chi connectivity index (χ0v) is 30.9. The highest BCUT2D eigenvalue weighted by molar-refractivity contribution is 5.74. The summed E-state index contributed by atoms with van der Waals surface area (Å²) in [5.74, 6) is -2.70. The topological polar surface area (TPSA) is 175 Å². The summed E-state index contributed by atoms with van der Waals surface area (Å²) in [5, 5.41) is 26.6. The summed E-state index contributed by atoms with van der Waals surface area (Å²) >= 11 is 0. The van der Waals surface area contributed by atoms with Crippen molar-refractivity contribution in [2.45, 2.75) is 147 Å². The zero-order chi connectivity index (χ0) is 36.4. The van der Waals surface area contributed by atoms with Crippen LogP contribution in [0, 0.1) is 23.7 Å². The van der Waals surface area contributed by atoms with Gasteiger partial charge in [-0.15, -0.1) is 0 Å². The lowest BCUT2D eigenvalue weighted by molar-refractivity contribution is -0.299. The molecule has 0 aliphatic carbocycles. The van der Waals surface area contributed by atoms with Crippen LogP contribution < -0.4 is 11.1 Å². The maximum atomic E-state index is 14.0. The summed E-state index contributed by atoms with van der Waals surface area (Å²) in [5.41, 5.74) is 4.87. The molecule has 3 saturated heterocycles. The van der Waals surface area contributed by atoms with Crippen molar-refractivity contribution in [2.24, 2.45) is 29.4 Å². The highest BCUT2D eigenvalue weighted by Gasteiger charge is 2.57. The number of hydrogen-bond donors (Lipinski definition) is 4. The molecule has 5 N–H and O–H groups in total. The summed E-state index contributed by atoms with van der Waals surface area (Å²) in [6, 6.07) is 4.64. The number of carbonyl (C=O) groups is 2. The monoisotopic (exact) mass is 692 g/mol. The van der Waals surface area contributed by atoms with Crippen molar-refractivity contribution in [2.75, 3.05) is 14.1 Å². The fourth-order valence-corrected chi connectivity index (χ4v) is 8.31. The molecule has 3 fully saturated rings. The van der Waals surface area contributed by atoms with Crippen LogP contribution in [-0.4, -0.2) is 112 Å². The fourth-order valence-electron chi connectivity index (χ4n) is 8.31. The Kier molecular flexibility index (Phi) is 12.8. The van der Waals surface area contributed by atoms with Gasteiger partial charge in [0.25, 0.3) is 0 Å². The quantitative estimate of drug-likeness (QED) is 0.308. The van der Waals surface area contributed by atoms with E-state index in [4.69, 9.17) is 29.4 Å². The molecule has 49 heavy (non-hydrogen) atoms. The second-order valence-electron chi connectivity index (χ2n) is 15.3. The van der Waals surface area contributed by atoms with Crippen molar-refractivity contribution in [1.29, 1.82) is 0 Å². The number of carbonyl (C=O) groups excluding carboxylic acids is 2. The molecule has 3 aliphatic rings. The number of nitrogens with zero attached hydrogens (tertiary/aromatic N) is 2. The summed E-state index contributed by atoms with van der Waals surface area (Å²) in [4.78, 5) is 33.6. The van der Waals surface area contributed by atoms with E-state index in [9.17, 15) is 19.8 Å². The summed E-state index contributed by atoms with van der Waals surface area (Å²) in [7, 11) is 3.77. The van der Waals surface area contributed by atoms with Gasteiger partial charge in [0.05, 0.1) is 42.1 Å². The molecular formula is C36H60N4O9. The highest BCUT2D eigenvalue weighted by Crippen LogP contribution is 2.45. The number of amides is 1. The number of nitrogens with one attached hydrogen (secondary N) is 1. The molecule has 278 valence electrons. The first-order valence-corrected chi connectivity index (χ1v) is 17.8. The number of hydrogen-bond acceptors (Lipinski definition) is 12. The Balaban J connectivity index is 1.75. The number of pyridine rings is 1. The average molecular weight is 693 g/mol. The number of esters is 1. The molecule has 13 nitrogen and oxygen atoms in total. The van der Waals surface area contributed by atoms with Gasteiger partial charge in [0.2, 0.25) is 0 Å². The number of aliphatic hydroxyl groups excluding tert-OH is 1. The molecular weight excluding hydrogens is 632 g/mol. The Morgan fingerprint density at radius 2 is 1.86 bits per heavy atom. The van der Waals surface area contributed by atoms with Crippen LogP contribution in [0.15, 0.2) is 24.4 Å². The first-order valence-electron chi connectivity index (χ1n) is 17.8. The third-order valence-electron chi connectivity index (χ3n) is 11.1. The van der Waals surface area contributed by atoms with Crippen LogP contribution in [0.4, 0.5) is 4.79 Å². The molecule has 3 aliphatic heterocycles. The van der Waals surface area contributed by atoms with Gasteiger partial charge < -0.3 is 49.8 Å². The van der Waals surface area contributed by atoms with Gasteiger partial charge in [-0.05, 0) is 79.1 Å². The minimum absolute atomic E-state index is 0.103. The first-order chi connectivity index (χ1) is 22.9. The van der Waals surface area contributed by atoms with E-state index in [0.29, 0.717) is 18.5 Å². The number of rotatable bonds is 7. The van der Waals surface area contributed by atoms with E-state index in [-0.39, 0.29) is 43.1 Å². The molecule has 4 heterocycles. The van der Waals surface area contributed by atoms with Crippen molar-refractivity contribution in [3.63, 3.8) is 0 Å². The number of aliphatic hydroxyl groups is 2. The molecule has 15 atom stereocenters. The van der Waals surface area contributed by atoms with E-state index in [1.165, 1.54) is 0 Å². The lowest BCUT2D eigenvalue weighted by Gasteiger charge is -2.47. The van der Waals surface area contributed by atoms with E-state index in [2.05, 4.69) is 10.3 Å². The van der Waals surface area contributed by atoms with Crippen LogP contribution >= 0.6 is 0 Å². The van der Waals surface area contributed by atoms with E-state index in [1.54, 1.807) is 39.1 Å². The molecule has 13 heteroatoms. The van der Waals surface area contributed by atoms with Crippen LogP contribution in [0.3, 0.4) is 0 Å². The number of cyclic esters (lactones) is 1. The maximum Gasteiger partial charge on any atom is 0.407 e. The van der Waals surface area contributed by atoms with E-state index < -0.39 is 71.8 Å². The van der Waals surface area contributed by atoms with Gasteiger partial charge in [0, 0.05) is 30.1 Å². The van der Waals surface area contributed by atoms with Gasteiger partial charge >= 0.3 is 12.1 Å². The van der Waals surface area contributed by atoms with Gasteiger partial charge in [-0.25, -0.2) is 4.79 Å². The largest absolute Gasteiger partial charge is 0.459 e. The van der Waals surface area contributed by atoms with E-state index in [0.717, 1.165) is 0 Å². The third-order valence-corrected chi connectivity index (χ3v) is 11.1. The van der Waals surface area contributed by atoms with Crippen LogP contribution in [-0.2, 0) is 35.0 Å². The molecule has 1 aromatic rings. The Hall–Kier alpha value is -2.39.